The largest absolute Gasteiger partial charge is 0.339 e. The van der Waals surface area contributed by atoms with Gasteiger partial charge < -0.3 is 4.90 Å². The third-order valence-electron chi connectivity index (χ3n) is 4.87. The number of rotatable bonds is 5. The highest BCUT2D eigenvalue weighted by molar-refractivity contribution is 5.77. The summed E-state index contributed by atoms with van der Waals surface area (Å²) in [7, 11) is 0. The molecule has 1 amide bonds. The SMILES string of the molecule is O=C(CCc1ccc(F)c(F)c1)N1CCCC[C@H]1Cc1ccccc1. The number of likely N-dealkylation sites (tertiary alicyclic amines) is 1. The summed E-state index contributed by atoms with van der Waals surface area (Å²) >= 11 is 0. The van der Waals surface area contributed by atoms with Crippen LogP contribution in [-0.4, -0.2) is 23.4 Å². The summed E-state index contributed by atoms with van der Waals surface area (Å²) in [4.78, 5) is 14.7. The minimum atomic E-state index is -0.857. The monoisotopic (exact) mass is 343 g/mol. The minimum Gasteiger partial charge on any atom is -0.339 e. The Hall–Kier alpha value is -2.23. The third-order valence-corrected chi connectivity index (χ3v) is 4.87. The molecule has 0 saturated carbocycles. The summed E-state index contributed by atoms with van der Waals surface area (Å²) in [6.07, 6.45) is 4.83. The lowest BCUT2D eigenvalue weighted by molar-refractivity contribution is -0.134. The third kappa shape index (κ3) is 4.65. The first-order chi connectivity index (χ1) is 12.1. The zero-order valence-corrected chi connectivity index (χ0v) is 14.3. The Labute approximate surface area is 147 Å². The molecule has 1 aliphatic rings. The average molecular weight is 343 g/mol. The maximum Gasteiger partial charge on any atom is 0.223 e. The van der Waals surface area contributed by atoms with E-state index in [0.717, 1.165) is 38.3 Å². The standard InChI is InChI=1S/C21H23F2NO/c22-19-11-9-17(15-20(19)23)10-12-21(25)24-13-5-4-8-18(24)14-16-6-2-1-3-7-16/h1-3,6-7,9,11,15,18H,4-5,8,10,12-14H2/t18-/m0/s1. The van der Waals surface area contributed by atoms with Crippen molar-refractivity contribution in [3.63, 3.8) is 0 Å². The predicted molar refractivity (Wildman–Crippen MR) is 94.2 cm³/mol. The molecule has 0 aromatic heterocycles. The quantitative estimate of drug-likeness (QED) is 0.781. The van der Waals surface area contributed by atoms with Crippen molar-refractivity contribution in [1.82, 2.24) is 4.90 Å². The van der Waals surface area contributed by atoms with Gasteiger partial charge in [-0.1, -0.05) is 36.4 Å². The molecule has 1 heterocycles. The number of nitrogens with zero attached hydrogens (tertiary/aromatic N) is 1. The number of piperidine rings is 1. The van der Waals surface area contributed by atoms with E-state index in [9.17, 15) is 13.6 Å². The first-order valence-corrected chi connectivity index (χ1v) is 8.91. The van der Waals surface area contributed by atoms with Crippen molar-refractivity contribution in [2.45, 2.75) is 44.6 Å². The van der Waals surface area contributed by atoms with Crippen molar-refractivity contribution in [3.05, 3.63) is 71.3 Å². The van der Waals surface area contributed by atoms with Gasteiger partial charge in [0.25, 0.3) is 0 Å². The predicted octanol–water partition coefficient (Wildman–Crippen LogP) is 4.52. The van der Waals surface area contributed by atoms with E-state index < -0.39 is 11.6 Å². The number of carbonyl (C=O) groups excluding carboxylic acids is 1. The van der Waals surface area contributed by atoms with Crippen molar-refractivity contribution < 1.29 is 13.6 Å². The van der Waals surface area contributed by atoms with Crippen LogP contribution in [-0.2, 0) is 17.6 Å². The molecule has 2 nitrogen and oxygen atoms in total. The Morgan fingerprint density at radius 3 is 2.56 bits per heavy atom. The highest BCUT2D eigenvalue weighted by atomic mass is 19.2. The van der Waals surface area contributed by atoms with E-state index in [-0.39, 0.29) is 11.9 Å². The molecule has 0 radical (unpaired) electrons. The van der Waals surface area contributed by atoms with Crippen LogP contribution in [0.3, 0.4) is 0 Å². The molecule has 1 aliphatic heterocycles. The van der Waals surface area contributed by atoms with E-state index in [0.29, 0.717) is 18.4 Å². The van der Waals surface area contributed by atoms with Gasteiger partial charge in [-0.3, -0.25) is 4.79 Å². The summed E-state index contributed by atoms with van der Waals surface area (Å²) in [5.41, 5.74) is 1.90. The van der Waals surface area contributed by atoms with Crippen LogP contribution >= 0.6 is 0 Å². The van der Waals surface area contributed by atoms with E-state index >= 15 is 0 Å². The van der Waals surface area contributed by atoms with Gasteiger partial charge in [-0.2, -0.15) is 0 Å². The van der Waals surface area contributed by atoms with Crippen molar-refractivity contribution in [2.75, 3.05) is 6.54 Å². The highest BCUT2D eigenvalue weighted by Gasteiger charge is 2.26. The summed E-state index contributed by atoms with van der Waals surface area (Å²) < 4.78 is 26.3. The van der Waals surface area contributed by atoms with Gasteiger partial charge in [-0.25, -0.2) is 8.78 Å². The van der Waals surface area contributed by atoms with Crippen LogP contribution in [0.2, 0.25) is 0 Å². The van der Waals surface area contributed by atoms with Gasteiger partial charge in [-0.15, -0.1) is 0 Å². The lowest BCUT2D eigenvalue weighted by atomic mass is 9.95. The summed E-state index contributed by atoms with van der Waals surface area (Å²) in [6.45, 7) is 0.786. The fourth-order valence-electron chi connectivity index (χ4n) is 3.52. The smallest absolute Gasteiger partial charge is 0.223 e. The second-order valence-electron chi connectivity index (χ2n) is 6.67. The van der Waals surface area contributed by atoms with Crippen LogP contribution in [0.4, 0.5) is 8.78 Å². The highest BCUT2D eigenvalue weighted by Crippen LogP contribution is 2.22. The normalized spacial score (nSPS) is 17.5. The number of halogens is 2. The van der Waals surface area contributed by atoms with Crippen LogP contribution in [0, 0.1) is 11.6 Å². The molecule has 1 fully saturated rings. The van der Waals surface area contributed by atoms with E-state index in [1.54, 1.807) is 6.07 Å². The molecule has 4 heteroatoms. The van der Waals surface area contributed by atoms with Gasteiger partial charge in [0.1, 0.15) is 0 Å². The Morgan fingerprint density at radius 1 is 1.00 bits per heavy atom. The van der Waals surface area contributed by atoms with E-state index in [4.69, 9.17) is 0 Å². The first-order valence-electron chi connectivity index (χ1n) is 8.91. The molecule has 0 N–H and O–H groups in total. The second-order valence-corrected chi connectivity index (χ2v) is 6.67. The van der Waals surface area contributed by atoms with E-state index in [2.05, 4.69) is 12.1 Å². The molecule has 1 atom stereocenters. The zero-order chi connectivity index (χ0) is 17.6. The molecule has 3 rings (SSSR count). The Morgan fingerprint density at radius 2 is 1.80 bits per heavy atom. The van der Waals surface area contributed by atoms with Gasteiger partial charge in [0.05, 0.1) is 0 Å². The first kappa shape index (κ1) is 17.6. The van der Waals surface area contributed by atoms with Crippen LogP contribution in [0.5, 0.6) is 0 Å². The van der Waals surface area contributed by atoms with Crippen molar-refractivity contribution in [1.29, 1.82) is 0 Å². The maximum atomic E-state index is 13.3. The molecule has 132 valence electrons. The molecular formula is C21H23F2NO. The van der Waals surface area contributed by atoms with Crippen molar-refractivity contribution >= 4 is 5.91 Å². The average Bonchev–Trinajstić information content (AvgIpc) is 2.64. The summed E-state index contributed by atoms with van der Waals surface area (Å²) in [5.74, 6) is -1.61. The molecule has 2 aromatic carbocycles. The minimum absolute atomic E-state index is 0.102. The molecule has 2 aromatic rings. The molecular weight excluding hydrogens is 320 g/mol. The van der Waals surface area contributed by atoms with Crippen LogP contribution in [0.15, 0.2) is 48.5 Å². The number of carbonyl (C=O) groups is 1. The van der Waals surface area contributed by atoms with Gasteiger partial charge >= 0.3 is 0 Å². The molecule has 25 heavy (non-hydrogen) atoms. The van der Waals surface area contributed by atoms with Gasteiger partial charge in [0, 0.05) is 19.0 Å². The van der Waals surface area contributed by atoms with Crippen molar-refractivity contribution in [2.24, 2.45) is 0 Å². The second kappa shape index (κ2) is 8.24. The number of aryl methyl sites for hydroxylation is 1. The fraction of sp³-hybridized carbons (Fsp3) is 0.381. The van der Waals surface area contributed by atoms with Crippen molar-refractivity contribution in [3.8, 4) is 0 Å². The maximum absolute atomic E-state index is 13.3. The summed E-state index contributed by atoms with van der Waals surface area (Å²) in [5, 5.41) is 0. The van der Waals surface area contributed by atoms with Gasteiger partial charge in [0.15, 0.2) is 11.6 Å². The Kier molecular flexibility index (Phi) is 5.79. The molecule has 0 unspecified atom stereocenters. The van der Waals surface area contributed by atoms with E-state index in [1.807, 2.05) is 23.1 Å². The Bertz CT molecular complexity index is 717. The van der Waals surface area contributed by atoms with Gasteiger partial charge in [-0.05, 0) is 55.4 Å². The lowest BCUT2D eigenvalue weighted by Crippen LogP contribution is -2.45. The van der Waals surface area contributed by atoms with E-state index in [1.165, 1.54) is 11.6 Å². The fourth-order valence-corrected chi connectivity index (χ4v) is 3.52. The zero-order valence-electron chi connectivity index (χ0n) is 14.3. The number of benzene rings is 2. The number of hydrogen-bond donors (Lipinski definition) is 0. The molecule has 0 aliphatic carbocycles. The lowest BCUT2D eigenvalue weighted by Gasteiger charge is -2.36. The topological polar surface area (TPSA) is 20.3 Å². The van der Waals surface area contributed by atoms with Crippen LogP contribution in [0.1, 0.15) is 36.8 Å². The Balaban J connectivity index is 1.61. The summed E-state index contributed by atoms with van der Waals surface area (Å²) in [6, 6.07) is 14.3. The van der Waals surface area contributed by atoms with Gasteiger partial charge in [0.2, 0.25) is 5.91 Å². The van der Waals surface area contributed by atoms with Crippen LogP contribution < -0.4 is 0 Å². The number of hydrogen-bond acceptors (Lipinski definition) is 1. The van der Waals surface area contributed by atoms with Crippen LogP contribution in [0.25, 0.3) is 0 Å². The molecule has 1 saturated heterocycles. The molecule has 0 bridgehead atoms. The molecule has 0 spiro atoms. The number of amides is 1.